The molecule has 12 heteroatoms. The molecule has 2 atom stereocenters. The first kappa shape index (κ1) is 26.3. The Morgan fingerprint density at radius 3 is 1.94 bits per heavy atom. The lowest BCUT2D eigenvalue weighted by atomic mass is 10.1. The molecule has 2 aromatic rings. The molecule has 2 heterocycles. The number of nitrogens with one attached hydrogen (secondary N) is 2. The van der Waals surface area contributed by atoms with Gasteiger partial charge in [0.05, 0.1) is 17.7 Å². The molecule has 1 aromatic heterocycles. The van der Waals surface area contributed by atoms with Gasteiger partial charge in [-0.3, -0.25) is 0 Å². The number of thiocarbonyl (C=S) groups is 1. The topological polar surface area (TPSA) is 47.5 Å². The summed E-state index contributed by atoms with van der Waals surface area (Å²) >= 11 is 5.11. The largest absolute Gasteiger partial charge is 0.416 e. The third-order valence-electron chi connectivity index (χ3n) is 5.37. The van der Waals surface area contributed by atoms with Gasteiger partial charge in [-0.15, -0.1) is 0 Å². The lowest BCUT2D eigenvalue weighted by molar-refractivity contribution is -0.146. The Morgan fingerprint density at radius 1 is 0.941 bits per heavy atom. The zero-order valence-corrected chi connectivity index (χ0v) is 19.7. The van der Waals surface area contributed by atoms with Crippen LogP contribution in [0, 0.1) is 13.8 Å². The third kappa shape index (κ3) is 6.42. The summed E-state index contributed by atoms with van der Waals surface area (Å²) in [7, 11) is 0. The Bertz CT molecular complexity index is 996. The molecule has 1 aliphatic heterocycles. The SMILES string of the molecule is Cc1ccc(C)n1C[C@@H]1OC(C)(C)O[C@H]1CNC(=S)Nc1cc(C(F)(F)F)cc(C(F)(F)F)c1. The maximum absolute atomic E-state index is 13.1. The molecule has 1 aromatic carbocycles. The van der Waals surface area contributed by atoms with Crippen molar-refractivity contribution < 1.29 is 35.8 Å². The Labute approximate surface area is 198 Å². The van der Waals surface area contributed by atoms with Gasteiger partial charge >= 0.3 is 12.4 Å². The lowest BCUT2D eigenvalue weighted by Gasteiger charge is -2.21. The normalized spacial score (nSPS) is 20.4. The Morgan fingerprint density at radius 2 is 1.44 bits per heavy atom. The van der Waals surface area contributed by atoms with Gasteiger partial charge < -0.3 is 24.7 Å². The predicted octanol–water partition coefficient (Wildman–Crippen LogP) is 5.65. The van der Waals surface area contributed by atoms with Crippen LogP contribution in [0.4, 0.5) is 32.0 Å². The van der Waals surface area contributed by atoms with Crippen molar-refractivity contribution in [3.63, 3.8) is 0 Å². The van der Waals surface area contributed by atoms with Crippen molar-refractivity contribution in [1.82, 2.24) is 9.88 Å². The number of halogens is 6. The van der Waals surface area contributed by atoms with Crippen molar-refractivity contribution in [1.29, 1.82) is 0 Å². The van der Waals surface area contributed by atoms with Crippen LogP contribution < -0.4 is 10.6 Å². The highest BCUT2D eigenvalue weighted by molar-refractivity contribution is 7.80. The number of aryl methyl sites for hydroxylation is 2. The van der Waals surface area contributed by atoms with Crippen LogP contribution in [0.15, 0.2) is 30.3 Å². The number of rotatable bonds is 5. The van der Waals surface area contributed by atoms with E-state index in [0.717, 1.165) is 11.4 Å². The zero-order chi connectivity index (χ0) is 25.5. The number of ether oxygens (including phenoxy) is 2. The fraction of sp³-hybridized carbons (Fsp3) is 0.500. The molecule has 0 bridgehead atoms. The highest BCUT2D eigenvalue weighted by Gasteiger charge is 2.41. The Kier molecular flexibility index (Phi) is 7.26. The quantitative estimate of drug-likeness (QED) is 0.403. The third-order valence-corrected chi connectivity index (χ3v) is 5.62. The minimum absolute atomic E-state index is 0.0588. The van der Waals surface area contributed by atoms with Gasteiger partial charge in [0, 0.05) is 23.6 Å². The summed E-state index contributed by atoms with van der Waals surface area (Å²) < 4.78 is 92.5. The number of benzene rings is 1. The number of nitrogens with zero attached hydrogens (tertiary/aromatic N) is 1. The van der Waals surface area contributed by atoms with Crippen molar-refractivity contribution in [2.45, 2.75) is 64.6 Å². The highest BCUT2D eigenvalue weighted by atomic mass is 32.1. The summed E-state index contributed by atoms with van der Waals surface area (Å²) in [5, 5.41) is 5.07. The van der Waals surface area contributed by atoms with Crippen LogP contribution in [0.3, 0.4) is 0 Å². The molecule has 188 valence electrons. The maximum atomic E-state index is 13.1. The summed E-state index contributed by atoms with van der Waals surface area (Å²) in [6, 6.07) is 5.16. The van der Waals surface area contributed by atoms with Crippen LogP contribution in [-0.2, 0) is 28.4 Å². The fourth-order valence-electron chi connectivity index (χ4n) is 3.80. The molecule has 1 aliphatic rings. The minimum atomic E-state index is -4.95. The molecule has 0 amide bonds. The molecule has 1 saturated heterocycles. The van der Waals surface area contributed by atoms with Crippen LogP contribution in [0.5, 0.6) is 0 Å². The molecule has 1 fully saturated rings. The van der Waals surface area contributed by atoms with Gasteiger partial charge in [-0.1, -0.05) is 0 Å². The molecule has 0 unspecified atom stereocenters. The van der Waals surface area contributed by atoms with E-state index in [1.165, 1.54) is 0 Å². The van der Waals surface area contributed by atoms with Gasteiger partial charge in [-0.2, -0.15) is 26.3 Å². The van der Waals surface area contributed by atoms with Crippen molar-refractivity contribution in [2.75, 3.05) is 11.9 Å². The van der Waals surface area contributed by atoms with Gasteiger partial charge in [0.25, 0.3) is 0 Å². The van der Waals surface area contributed by atoms with Crippen LogP contribution in [0.1, 0.15) is 36.4 Å². The van der Waals surface area contributed by atoms with Gasteiger partial charge in [-0.05, 0) is 70.2 Å². The van der Waals surface area contributed by atoms with E-state index in [1.807, 2.05) is 26.0 Å². The smallest absolute Gasteiger partial charge is 0.360 e. The van der Waals surface area contributed by atoms with Crippen molar-refractivity contribution in [2.24, 2.45) is 0 Å². The first-order valence-electron chi connectivity index (χ1n) is 10.4. The average Bonchev–Trinajstić information content (AvgIpc) is 3.17. The lowest BCUT2D eigenvalue weighted by Crippen LogP contribution is -2.41. The average molecular weight is 510 g/mol. The Hall–Kier alpha value is -2.31. The molecule has 34 heavy (non-hydrogen) atoms. The van der Waals surface area contributed by atoms with E-state index in [0.29, 0.717) is 18.7 Å². The molecule has 0 aliphatic carbocycles. The summed E-state index contributed by atoms with van der Waals surface area (Å²) in [6.45, 7) is 8.07. The van der Waals surface area contributed by atoms with E-state index in [-0.39, 0.29) is 23.8 Å². The van der Waals surface area contributed by atoms with Crippen LogP contribution in [0.25, 0.3) is 0 Å². The van der Waals surface area contributed by atoms with Crippen LogP contribution in [-0.4, -0.2) is 34.2 Å². The van der Waals surface area contributed by atoms with Gasteiger partial charge in [0.15, 0.2) is 10.9 Å². The second-order valence-electron chi connectivity index (χ2n) is 8.57. The molecule has 0 saturated carbocycles. The highest BCUT2D eigenvalue weighted by Crippen LogP contribution is 2.37. The molecular formula is C22H25F6N3O2S. The molecule has 0 spiro atoms. The van der Waals surface area contributed by atoms with E-state index in [1.54, 1.807) is 13.8 Å². The van der Waals surface area contributed by atoms with Crippen molar-refractivity contribution in [3.8, 4) is 0 Å². The predicted molar refractivity (Wildman–Crippen MR) is 118 cm³/mol. The van der Waals surface area contributed by atoms with Crippen molar-refractivity contribution >= 4 is 23.0 Å². The van der Waals surface area contributed by atoms with Crippen LogP contribution >= 0.6 is 12.2 Å². The van der Waals surface area contributed by atoms with E-state index in [9.17, 15) is 26.3 Å². The summed E-state index contributed by atoms with van der Waals surface area (Å²) in [6.07, 6.45) is -10.7. The first-order chi connectivity index (χ1) is 15.5. The van der Waals surface area contributed by atoms with E-state index < -0.39 is 41.1 Å². The van der Waals surface area contributed by atoms with E-state index in [2.05, 4.69) is 15.2 Å². The summed E-state index contributed by atoms with van der Waals surface area (Å²) in [5.74, 6) is -0.871. The van der Waals surface area contributed by atoms with Gasteiger partial charge in [0.1, 0.15) is 12.2 Å². The molecule has 3 rings (SSSR count). The number of anilines is 1. The fourth-order valence-corrected chi connectivity index (χ4v) is 4.00. The number of hydrogen-bond acceptors (Lipinski definition) is 3. The standard InChI is InChI=1S/C22H25F6N3O2S/c1-12-5-6-13(2)31(12)11-18-17(32-20(3,4)33-18)10-29-19(34)30-16-8-14(21(23,24)25)7-15(9-16)22(26,27)28/h5-9,17-18H,10-11H2,1-4H3,(H2,29,30,34)/t17-,18-/m0/s1. The van der Waals surface area contributed by atoms with Gasteiger partial charge in [0.2, 0.25) is 0 Å². The minimum Gasteiger partial charge on any atom is -0.360 e. The summed E-state index contributed by atoms with van der Waals surface area (Å²) in [4.78, 5) is 0. The summed E-state index contributed by atoms with van der Waals surface area (Å²) in [5.41, 5.74) is -1.21. The Balaban J connectivity index is 1.70. The van der Waals surface area contributed by atoms with Crippen molar-refractivity contribution in [3.05, 3.63) is 52.8 Å². The monoisotopic (exact) mass is 509 g/mol. The van der Waals surface area contributed by atoms with Gasteiger partial charge in [-0.25, -0.2) is 0 Å². The van der Waals surface area contributed by atoms with E-state index in [4.69, 9.17) is 21.7 Å². The maximum Gasteiger partial charge on any atom is 0.416 e. The number of alkyl halides is 6. The molecule has 0 radical (unpaired) electrons. The first-order valence-corrected chi connectivity index (χ1v) is 10.8. The van der Waals surface area contributed by atoms with Crippen LogP contribution in [0.2, 0.25) is 0 Å². The number of aromatic nitrogens is 1. The number of hydrogen-bond donors (Lipinski definition) is 2. The molecule has 2 N–H and O–H groups in total. The molecular weight excluding hydrogens is 484 g/mol. The zero-order valence-electron chi connectivity index (χ0n) is 18.9. The van der Waals surface area contributed by atoms with E-state index >= 15 is 0 Å². The molecule has 5 nitrogen and oxygen atoms in total. The second kappa shape index (κ2) is 9.38. The second-order valence-corrected chi connectivity index (χ2v) is 8.98.